The maximum atomic E-state index is 12.1. The summed E-state index contributed by atoms with van der Waals surface area (Å²) in [7, 11) is -23.3. The van der Waals surface area contributed by atoms with E-state index < -0.39 is 52.8 Å². The van der Waals surface area contributed by atoms with E-state index in [1.165, 1.54) is 0 Å². The summed E-state index contributed by atoms with van der Waals surface area (Å²) in [6, 6.07) is 0. The van der Waals surface area contributed by atoms with Gasteiger partial charge >= 0.3 is 118 Å². The third-order valence-electron chi connectivity index (χ3n) is 1.57. The van der Waals surface area contributed by atoms with Crippen LogP contribution >= 0.6 is 0 Å². The van der Waals surface area contributed by atoms with Crippen LogP contribution in [0.3, 0.4) is 0 Å². The first-order chi connectivity index (χ1) is 9.12. The number of alkyl halides is 9. The number of rotatable bonds is 3. The van der Waals surface area contributed by atoms with Crippen molar-refractivity contribution in [2.24, 2.45) is 0 Å². The third-order valence-corrected chi connectivity index (χ3v) is 30.4. The normalized spacial score (nSPS) is 15.7. The molecule has 0 aliphatic rings. The fourth-order valence-corrected chi connectivity index (χ4v) is 26.6. The average molecular weight is 447 g/mol. The Morgan fingerprint density at radius 2 is 0.591 bits per heavy atom. The van der Waals surface area contributed by atoms with Crippen LogP contribution in [-0.2, 0) is 36.2 Å². The van der Waals surface area contributed by atoms with E-state index in [-0.39, 0.29) is 0 Å². The summed E-state index contributed by atoms with van der Waals surface area (Å²) in [5.41, 5.74) is -20.8. The van der Waals surface area contributed by atoms with Gasteiger partial charge in [0.15, 0.2) is 0 Å². The van der Waals surface area contributed by atoms with Crippen molar-refractivity contribution in [2.75, 3.05) is 0 Å². The van der Waals surface area contributed by atoms with Gasteiger partial charge in [0.1, 0.15) is 0 Å². The van der Waals surface area contributed by atoms with Crippen LogP contribution in [0.4, 0.5) is 39.5 Å². The van der Waals surface area contributed by atoms with Gasteiger partial charge in [0.05, 0.1) is 0 Å². The molecule has 0 saturated carbocycles. The predicted molar refractivity (Wildman–Crippen MR) is 44.9 cm³/mol. The zero-order valence-electron chi connectivity index (χ0n) is 9.08. The third kappa shape index (κ3) is 3.54. The number of halogens is 9. The van der Waals surface area contributed by atoms with Crippen LogP contribution in [0.1, 0.15) is 0 Å². The van der Waals surface area contributed by atoms with Gasteiger partial charge in [-0.15, -0.1) is 0 Å². The van der Waals surface area contributed by atoms with Gasteiger partial charge in [-0.3, -0.25) is 0 Å². The Morgan fingerprint density at radius 3 is 0.682 bits per heavy atom. The minimum absolute atomic E-state index is 6.95. The average Bonchev–Trinajstić information content (AvgIpc) is 2.09. The molecule has 133 valence electrons. The van der Waals surface area contributed by atoms with Gasteiger partial charge in [-0.1, -0.05) is 0 Å². The Labute approximate surface area is 117 Å². The van der Waals surface area contributed by atoms with Crippen LogP contribution < -0.4 is 0 Å². The number of hydrogen-bond acceptors (Lipinski definition) is 6. The van der Waals surface area contributed by atoms with Crippen molar-refractivity contribution in [3.8, 4) is 0 Å². The van der Waals surface area contributed by atoms with Gasteiger partial charge in [-0.2, -0.15) is 0 Å². The molecule has 0 heterocycles. The second-order valence-corrected chi connectivity index (χ2v) is 24.1. The van der Waals surface area contributed by atoms with Crippen molar-refractivity contribution in [3.05, 3.63) is 0 Å². The zero-order valence-corrected chi connectivity index (χ0v) is 13.1. The molecule has 0 aromatic rings. The fraction of sp³-hybridized carbons (Fsp3) is 1.00. The van der Waals surface area contributed by atoms with Gasteiger partial charge in [-0.05, 0) is 0 Å². The minimum atomic E-state index is -8.06. The molecular formula is C3F9O6S3Ti. The molecule has 19 heteroatoms. The molecule has 0 spiro atoms. The van der Waals surface area contributed by atoms with Crippen LogP contribution in [0.25, 0.3) is 0 Å². The van der Waals surface area contributed by atoms with Gasteiger partial charge in [0.25, 0.3) is 0 Å². The van der Waals surface area contributed by atoms with Gasteiger partial charge in [-0.25, -0.2) is 0 Å². The Balaban J connectivity index is 7.00. The molecule has 0 aliphatic heterocycles. The van der Waals surface area contributed by atoms with Gasteiger partial charge in [0, 0.05) is 0 Å². The van der Waals surface area contributed by atoms with E-state index in [1.807, 2.05) is 0 Å². The summed E-state index contributed by atoms with van der Waals surface area (Å²) in [4.78, 5) is 0. The van der Waals surface area contributed by atoms with Crippen molar-refractivity contribution < 1.29 is 78.7 Å². The molecule has 0 amide bonds. The first-order valence-corrected chi connectivity index (χ1v) is 14.1. The second-order valence-electron chi connectivity index (χ2n) is 3.10. The van der Waals surface area contributed by atoms with Crippen LogP contribution in [0, 0.1) is 0 Å². The molecule has 0 N–H and O–H groups in total. The molecule has 0 radical (unpaired) electrons. The standard InChI is InChI=1S/3CF3O2S.Ti/c3*2-1(3,4)7(5)6;. The van der Waals surface area contributed by atoms with E-state index in [4.69, 9.17) is 0 Å². The molecule has 0 aliphatic carbocycles. The topological polar surface area (TPSA) is 102 Å². The van der Waals surface area contributed by atoms with Crippen LogP contribution in [0.5, 0.6) is 0 Å². The summed E-state index contributed by atoms with van der Waals surface area (Å²) >= 11 is -8.06. The van der Waals surface area contributed by atoms with Crippen molar-refractivity contribution in [1.82, 2.24) is 0 Å². The van der Waals surface area contributed by atoms with Crippen molar-refractivity contribution in [3.63, 3.8) is 0 Å². The Hall–Kier alpha value is -0.0657. The van der Waals surface area contributed by atoms with Crippen molar-refractivity contribution >= 4 is 22.3 Å². The monoisotopic (exact) mass is 447 g/mol. The first-order valence-electron chi connectivity index (χ1n) is 3.93. The van der Waals surface area contributed by atoms with E-state index in [0.29, 0.717) is 0 Å². The van der Waals surface area contributed by atoms with Crippen molar-refractivity contribution in [2.45, 2.75) is 16.5 Å². The predicted octanol–water partition coefficient (Wildman–Crippen LogP) is 1.15. The summed E-state index contributed by atoms with van der Waals surface area (Å²) < 4.78 is 173. The van der Waals surface area contributed by atoms with Crippen LogP contribution in [-0.4, -0.2) is 41.8 Å². The quantitative estimate of drug-likeness (QED) is 0.476. The molecule has 0 rings (SSSR count). The van der Waals surface area contributed by atoms with E-state index in [1.54, 1.807) is 0 Å². The molecule has 22 heavy (non-hydrogen) atoms. The second kappa shape index (κ2) is 5.49. The molecule has 0 bridgehead atoms. The summed E-state index contributed by atoms with van der Waals surface area (Å²) in [6.45, 7) is 0. The van der Waals surface area contributed by atoms with E-state index in [2.05, 4.69) is 0 Å². The zero-order chi connectivity index (χ0) is 18.6. The van der Waals surface area contributed by atoms with E-state index in [9.17, 15) is 64.8 Å². The first kappa shape index (κ1) is 21.9. The molecular weight excluding hydrogens is 447 g/mol. The van der Waals surface area contributed by atoms with E-state index in [0.717, 1.165) is 0 Å². The van der Waals surface area contributed by atoms with Crippen molar-refractivity contribution in [1.29, 1.82) is 0 Å². The summed E-state index contributed by atoms with van der Waals surface area (Å²) in [5.74, 6) is 0. The van der Waals surface area contributed by atoms with Gasteiger partial charge in [0.2, 0.25) is 0 Å². The molecule has 0 atom stereocenters. The fourth-order valence-electron chi connectivity index (χ4n) is 0.717. The Morgan fingerprint density at radius 1 is 0.455 bits per heavy atom. The maximum absolute atomic E-state index is 12.1. The number of hydrogen-bond donors (Lipinski definition) is 0. The molecule has 0 saturated heterocycles. The molecule has 0 aromatic heterocycles. The van der Waals surface area contributed by atoms with E-state index >= 15 is 0 Å². The summed E-state index contributed by atoms with van der Waals surface area (Å²) in [6.07, 6.45) is 0. The molecule has 0 fully saturated rings. The van der Waals surface area contributed by atoms with Gasteiger partial charge < -0.3 is 0 Å². The SMILES string of the molecule is O=[S](=O)([Ti]([S](=O)(=O)C(F)(F)F)[S](=O)(=O)C(F)(F)F)C(F)(F)F. The molecule has 0 aromatic carbocycles. The molecule has 6 nitrogen and oxygen atoms in total. The van der Waals surface area contributed by atoms with Crippen LogP contribution in [0.2, 0.25) is 0 Å². The molecule has 0 unspecified atom stereocenters. The Bertz CT molecular complexity index is 631. The van der Waals surface area contributed by atoms with Crippen LogP contribution in [0.15, 0.2) is 0 Å². The summed E-state index contributed by atoms with van der Waals surface area (Å²) in [5, 5.41) is 0. The Kier molecular flexibility index (Phi) is 5.47.